The Balaban J connectivity index is 2.17. The number of hydrogen-bond acceptors (Lipinski definition) is 1. The van der Waals surface area contributed by atoms with Gasteiger partial charge in [-0.2, -0.15) is 0 Å². The van der Waals surface area contributed by atoms with Gasteiger partial charge in [0.1, 0.15) is 0 Å². The zero-order chi connectivity index (χ0) is 7.78. The fourth-order valence-electron chi connectivity index (χ4n) is 1.06. The molecule has 1 saturated carbocycles. The van der Waals surface area contributed by atoms with Gasteiger partial charge in [0, 0.05) is 18.4 Å². The largest absolute Gasteiger partial charge is 0.328 e. The molecule has 2 atom stereocenters. The van der Waals surface area contributed by atoms with Crippen molar-refractivity contribution in [1.29, 1.82) is 0 Å². The average molecular weight is 149 g/mol. The number of rotatable bonds is 3. The predicted octanol–water partition coefficient (Wildman–Crippen LogP) is 1.77. The maximum absolute atomic E-state index is 12.2. The van der Waals surface area contributed by atoms with Crippen LogP contribution in [0.25, 0.3) is 0 Å². The van der Waals surface area contributed by atoms with Crippen molar-refractivity contribution in [1.82, 2.24) is 0 Å². The van der Waals surface area contributed by atoms with Crippen molar-refractivity contribution in [2.75, 3.05) is 0 Å². The van der Waals surface area contributed by atoms with Crippen molar-refractivity contribution in [3.8, 4) is 0 Å². The normalized spacial score (nSPS) is 31.8. The summed E-state index contributed by atoms with van der Waals surface area (Å²) in [6, 6.07) is -0.0293. The summed E-state index contributed by atoms with van der Waals surface area (Å²) in [5.74, 6) is -2.80. The molecule has 1 nitrogen and oxygen atoms in total. The van der Waals surface area contributed by atoms with Crippen LogP contribution in [0.3, 0.4) is 0 Å². The van der Waals surface area contributed by atoms with Gasteiger partial charge in [-0.1, -0.05) is 6.92 Å². The second kappa shape index (κ2) is 2.46. The Kier molecular flexibility index (Phi) is 1.95. The van der Waals surface area contributed by atoms with Crippen molar-refractivity contribution in [2.45, 2.75) is 38.2 Å². The van der Waals surface area contributed by atoms with Crippen LogP contribution in [0, 0.1) is 5.92 Å². The minimum atomic E-state index is -2.38. The molecule has 0 aliphatic heterocycles. The van der Waals surface area contributed by atoms with Crippen LogP contribution in [0.4, 0.5) is 8.78 Å². The summed E-state index contributed by atoms with van der Waals surface area (Å²) < 4.78 is 24.5. The van der Waals surface area contributed by atoms with E-state index in [9.17, 15) is 8.78 Å². The summed E-state index contributed by atoms with van der Waals surface area (Å²) in [5.41, 5.74) is 5.50. The van der Waals surface area contributed by atoms with Crippen molar-refractivity contribution in [3.63, 3.8) is 0 Å². The first-order valence-electron chi connectivity index (χ1n) is 3.69. The van der Waals surface area contributed by atoms with Gasteiger partial charge in [0.05, 0.1) is 0 Å². The molecule has 60 valence electrons. The van der Waals surface area contributed by atoms with Crippen LogP contribution in [-0.2, 0) is 0 Å². The van der Waals surface area contributed by atoms with E-state index in [4.69, 9.17) is 5.73 Å². The number of hydrogen-bond donors (Lipinski definition) is 1. The highest BCUT2D eigenvalue weighted by atomic mass is 19.3. The zero-order valence-electron chi connectivity index (χ0n) is 6.11. The summed E-state index contributed by atoms with van der Waals surface area (Å²) in [7, 11) is 0. The highest BCUT2D eigenvalue weighted by molar-refractivity contribution is 4.96. The molecule has 0 spiro atoms. The van der Waals surface area contributed by atoms with Gasteiger partial charge in [-0.3, -0.25) is 0 Å². The molecule has 0 radical (unpaired) electrons. The monoisotopic (exact) mass is 149 g/mol. The molecule has 0 amide bonds. The lowest BCUT2D eigenvalue weighted by Gasteiger charge is -2.05. The molecular weight excluding hydrogens is 136 g/mol. The smallest absolute Gasteiger partial charge is 0.251 e. The van der Waals surface area contributed by atoms with E-state index in [1.165, 1.54) is 0 Å². The first-order valence-corrected chi connectivity index (χ1v) is 3.69. The maximum atomic E-state index is 12.2. The summed E-state index contributed by atoms with van der Waals surface area (Å²) >= 11 is 0. The Labute approximate surface area is 59.6 Å². The molecule has 0 saturated heterocycles. The topological polar surface area (TPSA) is 26.0 Å². The van der Waals surface area contributed by atoms with Gasteiger partial charge in [-0.15, -0.1) is 0 Å². The Morgan fingerprint density at radius 3 is 2.50 bits per heavy atom. The second-order valence-corrected chi connectivity index (χ2v) is 3.07. The van der Waals surface area contributed by atoms with Crippen LogP contribution < -0.4 is 5.73 Å². The van der Waals surface area contributed by atoms with Crippen LogP contribution in [0.5, 0.6) is 0 Å². The van der Waals surface area contributed by atoms with Crippen LogP contribution in [0.15, 0.2) is 0 Å². The maximum Gasteiger partial charge on any atom is 0.251 e. The lowest BCUT2D eigenvalue weighted by atomic mass is 10.1. The van der Waals surface area contributed by atoms with Crippen LogP contribution in [0.1, 0.15) is 26.2 Å². The summed E-state index contributed by atoms with van der Waals surface area (Å²) in [6.07, 6.45) is 1.34. The van der Waals surface area contributed by atoms with Gasteiger partial charge in [0.15, 0.2) is 0 Å². The Morgan fingerprint density at radius 1 is 1.70 bits per heavy atom. The molecular formula is C7H13F2N. The molecule has 0 aromatic rings. The fourth-order valence-corrected chi connectivity index (χ4v) is 1.06. The third-order valence-corrected chi connectivity index (χ3v) is 2.07. The zero-order valence-corrected chi connectivity index (χ0v) is 6.11. The van der Waals surface area contributed by atoms with Gasteiger partial charge in [0.25, 0.3) is 5.92 Å². The number of halogens is 2. The number of alkyl halides is 2. The summed E-state index contributed by atoms with van der Waals surface area (Å²) in [5, 5.41) is 0. The molecule has 0 heterocycles. The van der Waals surface area contributed by atoms with Crippen molar-refractivity contribution in [2.24, 2.45) is 11.7 Å². The first-order chi connectivity index (χ1) is 4.56. The molecule has 0 aromatic carbocycles. The van der Waals surface area contributed by atoms with E-state index >= 15 is 0 Å². The highest BCUT2D eigenvalue weighted by Crippen LogP contribution is 2.51. The van der Waals surface area contributed by atoms with Crippen molar-refractivity contribution in [3.05, 3.63) is 0 Å². The predicted molar refractivity (Wildman–Crippen MR) is 35.9 cm³/mol. The molecule has 3 heteroatoms. The van der Waals surface area contributed by atoms with Crippen LogP contribution >= 0.6 is 0 Å². The van der Waals surface area contributed by atoms with Crippen LogP contribution in [-0.4, -0.2) is 12.0 Å². The molecule has 0 unspecified atom stereocenters. The molecule has 0 bridgehead atoms. The minimum Gasteiger partial charge on any atom is -0.328 e. The van der Waals surface area contributed by atoms with E-state index in [2.05, 4.69) is 0 Å². The summed E-state index contributed by atoms with van der Waals surface area (Å²) in [6.45, 7) is 1.92. The van der Waals surface area contributed by atoms with E-state index in [1.807, 2.05) is 6.92 Å². The first kappa shape index (κ1) is 7.92. The van der Waals surface area contributed by atoms with E-state index in [0.29, 0.717) is 6.42 Å². The Bertz CT molecular complexity index is 125. The van der Waals surface area contributed by atoms with Gasteiger partial charge >= 0.3 is 0 Å². The molecule has 10 heavy (non-hydrogen) atoms. The van der Waals surface area contributed by atoms with Crippen molar-refractivity contribution < 1.29 is 8.78 Å². The molecule has 2 N–H and O–H groups in total. The van der Waals surface area contributed by atoms with Gasteiger partial charge < -0.3 is 5.73 Å². The van der Waals surface area contributed by atoms with Gasteiger partial charge in [0.2, 0.25) is 0 Å². The Morgan fingerprint density at radius 2 is 2.20 bits per heavy atom. The highest BCUT2D eigenvalue weighted by Gasteiger charge is 2.56. The Hall–Kier alpha value is -0.180. The minimum absolute atomic E-state index is 0.0293. The quantitative estimate of drug-likeness (QED) is 0.650. The van der Waals surface area contributed by atoms with E-state index in [1.54, 1.807) is 0 Å². The third kappa shape index (κ3) is 1.66. The lowest BCUT2D eigenvalue weighted by Crippen LogP contribution is -2.20. The SMILES string of the molecule is CC[C@H](N)C[C@@H]1CC1(F)F. The standard InChI is InChI=1S/C7H13F2N/c1-2-6(10)3-5-4-7(5,8)9/h5-6H,2-4,10H2,1H3/t5-,6+/m1/s1. The molecule has 1 aliphatic rings. The van der Waals surface area contributed by atoms with Crippen molar-refractivity contribution >= 4 is 0 Å². The van der Waals surface area contributed by atoms with E-state index < -0.39 is 11.8 Å². The summed E-state index contributed by atoms with van der Waals surface area (Å²) in [4.78, 5) is 0. The fraction of sp³-hybridized carbons (Fsp3) is 1.00. The van der Waals surface area contributed by atoms with E-state index in [-0.39, 0.29) is 12.5 Å². The molecule has 1 fully saturated rings. The van der Waals surface area contributed by atoms with E-state index in [0.717, 1.165) is 6.42 Å². The third-order valence-electron chi connectivity index (χ3n) is 2.07. The van der Waals surface area contributed by atoms with Crippen LogP contribution in [0.2, 0.25) is 0 Å². The molecule has 0 aromatic heterocycles. The lowest BCUT2D eigenvalue weighted by molar-refractivity contribution is 0.0953. The van der Waals surface area contributed by atoms with Gasteiger partial charge in [-0.25, -0.2) is 8.78 Å². The number of nitrogens with two attached hydrogens (primary N) is 1. The van der Waals surface area contributed by atoms with Gasteiger partial charge in [-0.05, 0) is 12.8 Å². The average Bonchev–Trinajstić information content (AvgIpc) is 2.40. The molecule has 1 rings (SSSR count). The molecule has 1 aliphatic carbocycles. The second-order valence-electron chi connectivity index (χ2n) is 3.07.